The fraction of sp³-hybridized carbons (Fsp3) is 1.00. The van der Waals surface area contributed by atoms with E-state index in [-0.39, 0.29) is 0 Å². The molecule has 0 aliphatic carbocycles. The van der Waals surface area contributed by atoms with Crippen LogP contribution in [0.15, 0.2) is 0 Å². The summed E-state index contributed by atoms with van der Waals surface area (Å²) in [7, 11) is 0. The normalized spacial score (nSPS) is 13.1. The highest BCUT2D eigenvalue weighted by molar-refractivity contribution is 4.84. The molecular weight excluding hydrogens is 268 g/mol. The molecule has 0 heterocycles. The molecule has 0 unspecified atom stereocenters. The Morgan fingerprint density at radius 2 is 0.864 bits per heavy atom. The summed E-state index contributed by atoms with van der Waals surface area (Å²) in [5.41, 5.74) is 0.336. The van der Waals surface area contributed by atoms with Crippen LogP contribution in [-0.4, -0.2) is 45.5 Å². The number of hydrogen-bond acceptors (Lipinski definition) is 2. The molecule has 0 spiro atoms. The lowest BCUT2D eigenvalue weighted by Crippen LogP contribution is -2.51. The van der Waals surface area contributed by atoms with Crippen molar-refractivity contribution in [2.24, 2.45) is 0 Å². The predicted octanol–water partition coefficient (Wildman–Crippen LogP) is 5.81. The second-order valence-electron chi connectivity index (χ2n) is 8.49. The topological polar surface area (TPSA) is 6.48 Å². The average Bonchev–Trinajstić information content (AvgIpc) is 2.25. The van der Waals surface area contributed by atoms with Crippen molar-refractivity contribution < 1.29 is 0 Å². The summed E-state index contributed by atoms with van der Waals surface area (Å²) in [4.78, 5) is 5.08. The van der Waals surface area contributed by atoms with Crippen LogP contribution in [-0.2, 0) is 0 Å². The van der Waals surface area contributed by atoms with E-state index in [9.17, 15) is 0 Å². The minimum Gasteiger partial charge on any atom is -0.296 e. The van der Waals surface area contributed by atoms with Gasteiger partial charge in [0.1, 0.15) is 0 Å². The van der Waals surface area contributed by atoms with Crippen molar-refractivity contribution in [1.82, 2.24) is 9.80 Å². The van der Waals surface area contributed by atoms with Gasteiger partial charge < -0.3 is 0 Å². The second-order valence-corrected chi connectivity index (χ2v) is 8.49. The van der Waals surface area contributed by atoms with Crippen LogP contribution in [0.25, 0.3) is 0 Å². The van der Waals surface area contributed by atoms with Crippen LogP contribution >= 0.6 is 0 Å². The smallest absolute Gasteiger partial charge is 0.0156 e. The highest BCUT2D eigenvalue weighted by Crippen LogP contribution is 2.23. The third kappa shape index (κ3) is 8.53. The molecule has 0 atom stereocenters. The molecule has 2 nitrogen and oxygen atoms in total. The van der Waals surface area contributed by atoms with E-state index in [1.54, 1.807) is 0 Å². The quantitative estimate of drug-likeness (QED) is 0.585. The molecule has 0 amide bonds. The third-order valence-corrected chi connectivity index (χ3v) is 4.47. The Morgan fingerprint density at radius 1 is 0.591 bits per heavy atom. The largest absolute Gasteiger partial charge is 0.296 e. The number of nitrogens with zero attached hydrogens (tertiary/aromatic N) is 2. The van der Waals surface area contributed by atoms with Crippen molar-refractivity contribution >= 4 is 0 Å². The van der Waals surface area contributed by atoms with E-state index in [1.165, 1.54) is 6.42 Å². The fourth-order valence-electron chi connectivity index (χ4n) is 3.97. The maximum atomic E-state index is 2.58. The van der Waals surface area contributed by atoms with E-state index in [2.05, 4.69) is 99.8 Å². The Hall–Kier alpha value is -0.0800. The molecule has 0 aromatic rings. The van der Waals surface area contributed by atoms with E-state index in [0.29, 0.717) is 35.7 Å². The molecule has 0 aliphatic heterocycles. The van der Waals surface area contributed by atoms with E-state index in [4.69, 9.17) is 0 Å². The molecule has 0 fully saturated rings. The van der Waals surface area contributed by atoms with Crippen molar-refractivity contribution in [3.63, 3.8) is 0 Å². The zero-order valence-corrected chi connectivity index (χ0v) is 18.0. The Bertz CT molecular complexity index is 238. The Kier molecular flexibility index (Phi) is 11.7. The average molecular weight is 315 g/mol. The molecule has 0 bridgehead atoms. The van der Waals surface area contributed by atoms with Crippen molar-refractivity contribution in [2.75, 3.05) is 0 Å². The lowest BCUT2D eigenvalue weighted by atomic mass is 9.95. The molecule has 0 aromatic carbocycles. The van der Waals surface area contributed by atoms with Gasteiger partial charge in [-0.25, -0.2) is 0 Å². The van der Waals surface area contributed by atoms with E-state index >= 15 is 0 Å². The summed E-state index contributed by atoms with van der Waals surface area (Å²) >= 11 is 0. The molecule has 0 N–H and O–H groups in total. The van der Waals surface area contributed by atoms with Crippen LogP contribution < -0.4 is 0 Å². The molecule has 0 aliphatic rings. The van der Waals surface area contributed by atoms with E-state index < -0.39 is 0 Å². The minimum atomic E-state index is 0.336. The summed E-state index contributed by atoms with van der Waals surface area (Å²) < 4.78 is 0. The molecule has 0 aromatic heterocycles. The van der Waals surface area contributed by atoms with E-state index in [0.717, 1.165) is 0 Å². The van der Waals surface area contributed by atoms with Gasteiger partial charge in [-0.1, -0.05) is 6.92 Å². The van der Waals surface area contributed by atoms with Crippen LogP contribution in [0.5, 0.6) is 0 Å². The highest BCUT2D eigenvalue weighted by atomic mass is 15.2. The molecule has 0 rings (SSSR count). The predicted molar refractivity (Wildman–Crippen MR) is 104 cm³/mol. The van der Waals surface area contributed by atoms with Gasteiger partial charge in [-0.3, -0.25) is 9.80 Å². The van der Waals surface area contributed by atoms with E-state index in [1.807, 2.05) is 0 Å². The van der Waals surface area contributed by atoms with Gasteiger partial charge in [0.25, 0.3) is 0 Å². The molecule has 22 heavy (non-hydrogen) atoms. The Balaban J connectivity index is 0. The summed E-state index contributed by atoms with van der Waals surface area (Å²) in [6.45, 7) is 29.5. The number of hydrogen-bond donors (Lipinski definition) is 0. The van der Waals surface area contributed by atoms with Gasteiger partial charge >= 0.3 is 0 Å². The zero-order valence-electron chi connectivity index (χ0n) is 18.0. The van der Waals surface area contributed by atoms with Gasteiger partial charge in [0, 0.05) is 35.7 Å². The monoisotopic (exact) mass is 314 g/mol. The van der Waals surface area contributed by atoms with Gasteiger partial charge in [-0.15, -0.1) is 0 Å². The highest BCUT2D eigenvalue weighted by Gasteiger charge is 2.28. The first-order valence-corrected chi connectivity index (χ1v) is 9.35. The van der Waals surface area contributed by atoms with Crippen molar-refractivity contribution in [3.05, 3.63) is 0 Å². The van der Waals surface area contributed by atoms with Gasteiger partial charge in [-0.2, -0.15) is 0 Å². The summed E-state index contributed by atoms with van der Waals surface area (Å²) in [6, 6.07) is 3.28. The maximum Gasteiger partial charge on any atom is 0.0156 e. The first kappa shape index (κ1) is 24.2. The lowest BCUT2D eigenvalue weighted by molar-refractivity contribution is 0.0480. The number of rotatable bonds is 7. The Labute approximate surface area is 142 Å². The van der Waals surface area contributed by atoms with Gasteiger partial charge in [0.05, 0.1) is 0 Å². The van der Waals surface area contributed by atoms with Crippen LogP contribution in [0.2, 0.25) is 0 Å². The molecule has 0 radical (unpaired) electrons. The summed E-state index contributed by atoms with van der Waals surface area (Å²) in [5, 5.41) is 0. The standard InChI is InChI=1S/C11H25N.C9H21N/c1-8-11(6,7)12(9(2)3)10(4)5;1-7(2)10(8(3)4)9(5)6/h9-10H,8H2,1-7H3;7-9H,1-6H3. The van der Waals surface area contributed by atoms with Gasteiger partial charge in [0.2, 0.25) is 0 Å². The first-order chi connectivity index (χ1) is 9.79. The van der Waals surface area contributed by atoms with Gasteiger partial charge in [0.15, 0.2) is 0 Å². The fourth-order valence-corrected chi connectivity index (χ4v) is 3.97. The SMILES string of the molecule is CC(C)N(C(C)C)C(C)C.CCC(C)(C)N(C(C)C)C(C)C. The molecule has 136 valence electrons. The maximum absolute atomic E-state index is 2.58. The van der Waals surface area contributed by atoms with Crippen LogP contribution in [0.1, 0.15) is 96.4 Å². The van der Waals surface area contributed by atoms with Crippen molar-refractivity contribution in [1.29, 1.82) is 0 Å². The molecular formula is C20H46N2. The van der Waals surface area contributed by atoms with Crippen molar-refractivity contribution in [3.8, 4) is 0 Å². The van der Waals surface area contributed by atoms with Gasteiger partial charge in [-0.05, 0) is 89.5 Å². The van der Waals surface area contributed by atoms with Crippen LogP contribution in [0.3, 0.4) is 0 Å². The second kappa shape index (κ2) is 10.6. The summed E-state index contributed by atoms with van der Waals surface area (Å²) in [6.07, 6.45) is 1.21. The summed E-state index contributed by atoms with van der Waals surface area (Å²) in [5.74, 6) is 0. The van der Waals surface area contributed by atoms with Crippen molar-refractivity contribution in [2.45, 2.75) is 132 Å². The lowest BCUT2D eigenvalue weighted by Gasteiger charge is -2.44. The minimum absolute atomic E-state index is 0.336. The molecule has 0 saturated carbocycles. The van der Waals surface area contributed by atoms with Crippen LogP contribution in [0.4, 0.5) is 0 Å². The zero-order chi connectivity index (χ0) is 18.2. The molecule has 2 heteroatoms. The molecule has 0 saturated heterocycles. The third-order valence-electron chi connectivity index (χ3n) is 4.47. The first-order valence-electron chi connectivity index (χ1n) is 9.35. The Morgan fingerprint density at radius 3 is 0.909 bits per heavy atom. The van der Waals surface area contributed by atoms with Crippen LogP contribution in [0, 0.1) is 0 Å².